The Labute approximate surface area is 188 Å². The molecule has 2 amide bonds. The molecule has 0 unspecified atom stereocenters. The van der Waals surface area contributed by atoms with Crippen molar-refractivity contribution >= 4 is 17.5 Å². The molecule has 1 aromatic heterocycles. The SMILES string of the molecule is Cc1ccc(Cc2cc3c([nH]2)[C@H]2CCCC[C@@H]2[C@@H]2C(=O)N(c4ccccc4)C(=O)[C@H]32)cc1. The number of benzene rings is 2. The number of carbonyl (C=O) groups excluding carboxylic acids is 2. The van der Waals surface area contributed by atoms with Crippen LogP contribution in [-0.4, -0.2) is 16.8 Å². The molecule has 4 nitrogen and oxygen atoms in total. The van der Waals surface area contributed by atoms with Crippen LogP contribution >= 0.6 is 0 Å². The Kier molecular flexibility index (Phi) is 4.56. The lowest BCUT2D eigenvalue weighted by molar-refractivity contribution is -0.123. The maximum atomic E-state index is 13.7. The van der Waals surface area contributed by atoms with Crippen LogP contribution in [0, 0.1) is 18.8 Å². The van der Waals surface area contributed by atoms with Crippen LogP contribution in [0.1, 0.15) is 65.6 Å². The molecule has 0 spiro atoms. The summed E-state index contributed by atoms with van der Waals surface area (Å²) in [5.74, 6) is -0.0625. The predicted octanol–water partition coefficient (Wildman–Crippen LogP) is 5.47. The zero-order chi connectivity index (χ0) is 21.8. The number of fused-ring (bicyclic) bond motifs is 6. The van der Waals surface area contributed by atoms with E-state index in [-0.39, 0.29) is 29.6 Å². The van der Waals surface area contributed by atoms with E-state index in [1.807, 2.05) is 30.3 Å². The number of carbonyl (C=O) groups is 2. The Morgan fingerprint density at radius 1 is 0.938 bits per heavy atom. The number of nitrogens with zero attached hydrogens (tertiary/aromatic N) is 1. The summed E-state index contributed by atoms with van der Waals surface area (Å²) < 4.78 is 0. The number of amides is 2. The number of anilines is 1. The molecule has 3 aliphatic rings. The number of aromatic nitrogens is 1. The number of hydrogen-bond acceptors (Lipinski definition) is 2. The first-order valence-corrected chi connectivity index (χ1v) is 11.8. The van der Waals surface area contributed by atoms with Gasteiger partial charge in [-0.1, -0.05) is 60.9 Å². The van der Waals surface area contributed by atoms with Crippen LogP contribution < -0.4 is 4.90 Å². The topological polar surface area (TPSA) is 53.2 Å². The highest BCUT2D eigenvalue weighted by Gasteiger charge is 2.57. The number of aryl methyl sites for hydroxylation is 1. The second-order valence-corrected chi connectivity index (χ2v) is 9.73. The van der Waals surface area contributed by atoms with Crippen LogP contribution in [0.25, 0.3) is 0 Å². The van der Waals surface area contributed by atoms with Crippen molar-refractivity contribution in [1.29, 1.82) is 0 Å². The second-order valence-electron chi connectivity index (χ2n) is 9.73. The fourth-order valence-corrected chi connectivity index (χ4v) is 6.36. The zero-order valence-corrected chi connectivity index (χ0v) is 18.4. The lowest BCUT2D eigenvalue weighted by atomic mass is 9.62. The van der Waals surface area contributed by atoms with Gasteiger partial charge in [0.15, 0.2) is 0 Å². The number of rotatable bonds is 3. The second kappa shape index (κ2) is 7.47. The van der Waals surface area contributed by atoms with E-state index < -0.39 is 0 Å². The van der Waals surface area contributed by atoms with Crippen molar-refractivity contribution in [1.82, 2.24) is 4.98 Å². The van der Waals surface area contributed by atoms with E-state index in [9.17, 15) is 9.59 Å². The summed E-state index contributed by atoms with van der Waals surface area (Å²) in [6, 6.07) is 20.2. The van der Waals surface area contributed by atoms with E-state index in [1.54, 1.807) is 0 Å². The summed E-state index contributed by atoms with van der Waals surface area (Å²) in [6.07, 6.45) is 5.27. The van der Waals surface area contributed by atoms with Gasteiger partial charge in [-0.15, -0.1) is 0 Å². The number of imide groups is 1. The van der Waals surface area contributed by atoms with Crippen LogP contribution in [0.3, 0.4) is 0 Å². The monoisotopic (exact) mass is 424 g/mol. The molecule has 2 aromatic carbocycles. The first-order valence-electron chi connectivity index (χ1n) is 11.8. The molecular formula is C28H28N2O2. The third kappa shape index (κ3) is 2.96. The van der Waals surface area contributed by atoms with Gasteiger partial charge in [-0.3, -0.25) is 9.59 Å². The average molecular weight is 425 g/mol. The van der Waals surface area contributed by atoms with E-state index in [4.69, 9.17) is 0 Å². The molecule has 2 aliphatic carbocycles. The fraction of sp³-hybridized carbons (Fsp3) is 0.357. The number of aromatic amines is 1. The van der Waals surface area contributed by atoms with Crippen LogP contribution in [0.4, 0.5) is 5.69 Å². The van der Waals surface area contributed by atoms with E-state index in [0.717, 1.165) is 36.9 Å². The van der Waals surface area contributed by atoms with Gasteiger partial charge in [0.2, 0.25) is 11.8 Å². The molecule has 1 saturated heterocycles. The van der Waals surface area contributed by atoms with Gasteiger partial charge in [-0.2, -0.15) is 0 Å². The largest absolute Gasteiger partial charge is 0.361 e. The first-order chi connectivity index (χ1) is 15.6. The smallest absolute Gasteiger partial charge is 0.242 e. The Bertz CT molecular complexity index is 1180. The lowest BCUT2D eigenvalue weighted by Gasteiger charge is -2.40. The zero-order valence-electron chi connectivity index (χ0n) is 18.4. The van der Waals surface area contributed by atoms with Crippen molar-refractivity contribution in [3.63, 3.8) is 0 Å². The molecule has 2 fully saturated rings. The normalized spacial score (nSPS) is 26.6. The molecule has 1 saturated carbocycles. The van der Waals surface area contributed by atoms with Crippen molar-refractivity contribution < 1.29 is 9.59 Å². The average Bonchev–Trinajstić information content (AvgIpc) is 3.34. The highest BCUT2D eigenvalue weighted by atomic mass is 16.2. The third-order valence-electron chi connectivity index (χ3n) is 7.80. The van der Waals surface area contributed by atoms with Gasteiger partial charge in [-0.05, 0) is 55.0 Å². The van der Waals surface area contributed by atoms with Gasteiger partial charge >= 0.3 is 0 Å². The highest BCUT2D eigenvalue weighted by Crippen LogP contribution is 2.56. The Balaban J connectivity index is 1.42. The highest BCUT2D eigenvalue weighted by molar-refractivity contribution is 6.24. The number of H-pyrrole nitrogens is 1. The molecule has 2 heterocycles. The fourth-order valence-electron chi connectivity index (χ4n) is 6.36. The third-order valence-corrected chi connectivity index (χ3v) is 7.80. The van der Waals surface area contributed by atoms with E-state index in [2.05, 4.69) is 42.2 Å². The molecule has 4 heteroatoms. The number of nitrogens with one attached hydrogen (secondary N) is 1. The van der Waals surface area contributed by atoms with Crippen molar-refractivity contribution in [2.45, 2.75) is 50.9 Å². The van der Waals surface area contributed by atoms with Gasteiger partial charge < -0.3 is 4.98 Å². The molecule has 6 rings (SSSR count). The Hall–Kier alpha value is -3.14. The minimum Gasteiger partial charge on any atom is -0.361 e. The van der Waals surface area contributed by atoms with Crippen LogP contribution in [0.15, 0.2) is 60.7 Å². The van der Waals surface area contributed by atoms with Gasteiger partial charge in [0.25, 0.3) is 0 Å². The van der Waals surface area contributed by atoms with Gasteiger partial charge in [0.05, 0.1) is 17.5 Å². The first kappa shape index (κ1) is 19.5. The predicted molar refractivity (Wildman–Crippen MR) is 125 cm³/mol. The van der Waals surface area contributed by atoms with Crippen molar-refractivity contribution in [2.24, 2.45) is 11.8 Å². The van der Waals surface area contributed by atoms with Crippen LogP contribution in [0.2, 0.25) is 0 Å². The van der Waals surface area contributed by atoms with Crippen LogP contribution in [-0.2, 0) is 16.0 Å². The standard InChI is InChI=1S/C28H28N2O2/c1-17-11-13-18(14-12-17)15-19-16-23-25-24(21-9-5-6-10-22(21)26(23)29-19)27(31)30(28(25)32)20-7-3-2-4-8-20/h2-4,7-8,11-14,16,21-22,24-25,29H,5-6,9-10,15H2,1H3/t21-,22-,24-,25+/m0/s1. The van der Waals surface area contributed by atoms with E-state index in [1.165, 1.54) is 28.1 Å². The Morgan fingerprint density at radius 2 is 1.69 bits per heavy atom. The summed E-state index contributed by atoms with van der Waals surface area (Å²) in [5.41, 5.74) is 6.63. The molecule has 3 aromatic rings. The summed E-state index contributed by atoms with van der Waals surface area (Å²) in [5, 5.41) is 0. The summed E-state index contributed by atoms with van der Waals surface area (Å²) in [6.45, 7) is 2.10. The van der Waals surface area contributed by atoms with Gasteiger partial charge in [0.1, 0.15) is 0 Å². The van der Waals surface area contributed by atoms with Crippen molar-refractivity contribution in [3.05, 3.63) is 88.7 Å². The molecule has 162 valence electrons. The minimum atomic E-state index is -0.361. The maximum absolute atomic E-state index is 13.7. The number of hydrogen-bond donors (Lipinski definition) is 1. The number of para-hydroxylation sites is 1. The molecule has 1 N–H and O–H groups in total. The summed E-state index contributed by atoms with van der Waals surface area (Å²) in [4.78, 5) is 32.5. The molecule has 1 aliphatic heterocycles. The van der Waals surface area contributed by atoms with Crippen LogP contribution in [0.5, 0.6) is 0 Å². The summed E-state index contributed by atoms with van der Waals surface area (Å²) >= 11 is 0. The van der Waals surface area contributed by atoms with E-state index >= 15 is 0 Å². The molecule has 32 heavy (non-hydrogen) atoms. The molecule has 4 atom stereocenters. The molecule has 0 bridgehead atoms. The van der Waals surface area contributed by atoms with Gasteiger partial charge in [-0.25, -0.2) is 4.90 Å². The quantitative estimate of drug-likeness (QED) is 0.567. The lowest BCUT2D eigenvalue weighted by Crippen LogP contribution is -2.37. The minimum absolute atomic E-state index is 0.00460. The summed E-state index contributed by atoms with van der Waals surface area (Å²) in [7, 11) is 0. The van der Waals surface area contributed by atoms with Gasteiger partial charge in [0, 0.05) is 23.7 Å². The molecule has 0 radical (unpaired) electrons. The van der Waals surface area contributed by atoms with E-state index in [0.29, 0.717) is 11.6 Å². The maximum Gasteiger partial charge on any atom is 0.242 e. The molecular weight excluding hydrogens is 396 g/mol. The van der Waals surface area contributed by atoms with Crippen molar-refractivity contribution in [3.8, 4) is 0 Å². The van der Waals surface area contributed by atoms with Crippen molar-refractivity contribution in [2.75, 3.05) is 4.90 Å². The Morgan fingerprint density at radius 3 is 2.47 bits per heavy atom.